The summed E-state index contributed by atoms with van der Waals surface area (Å²) in [5.74, 6) is 2.40. The highest BCUT2D eigenvalue weighted by atomic mass is 16.5. The van der Waals surface area contributed by atoms with E-state index in [-0.39, 0.29) is 0 Å². The summed E-state index contributed by atoms with van der Waals surface area (Å²) < 4.78 is 10.5. The van der Waals surface area contributed by atoms with Gasteiger partial charge >= 0.3 is 0 Å². The number of anilines is 1. The smallest absolute Gasteiger partial charge is 0.161 e. The van der Waals surface area contributed by atoms with Crippen LogP contribution in [0.4, 0.5) is 5.82 Å². The summed E-state index contributed by atoms with van der Waals surface area (Å²) in [5.41, 5.74) is 2.21. The Hall–Kier alpha value is -2.17. The first-order valence-corrected chi connectivity index (χ1v) is 5.69. The fourth-order valence-electron chi connectivity index (χ4n) is 1.71. The zero-order valence-corrected chi connectivity index (χ0v) is 10.8. The Labute approximate surface area is 106 Å². The number of ether oxygens (including phenoxy) is 2. The molecule has 0 unspecified atom stereocenters. The molecule has 96 valence electrons. The largest absolute Gasteiger partial charge is 0.493 e. The standard InChI is InChI=1S/C13H17N3O2/c1-9-7-15-16-13(9)14-8-10-4-5-11(17-2)12(6-10)18-3/h4-7H,8H2,1-3H3,(H2,14,15,16). The van der Waals surface area contributed by atoms with Crippen molar-refractivity contribution < 1.29 is 9.47 Å². The van der Waals surface area contributed by atoms with E-state index >= 15 is 0 Å². The highest BCUT2D eigenvalue weighted by molar-refractivity contribution is 5.46. The molecule has 5 nitrogen and oxygen atoms in total. The molecule has 0 saturated carbocycles. The third-order valence-corrected chi connectivity index (χ3v) is 2.75. The first kappa shape index (κ1) is 12.3. The molecule has 2 aromatic rings. The number of rotatable bonds is 5. The maximum atomic E-state index is 5.26. The van der Waals surface area contributed by atoms with Gasteiger partial charge in [0.2, 0.25) is 0 Å². The number of aryl methyl sites for hydroxylation is 1. The summed E-state index contributed by atoms with van der Waals surface area (Å²) >= 11 is 0. The van der Waals surface area contributed by atoms with E-state index in [1.807, 2.05) is 25.1 Å². The minimum atomic E-state index is 0.698. The van der Waals surface area contributed by atoms with Crippen molar-refractivity contribution in [1.29, 1.82) is 0 Å². The van der Waals surface area contributed by atoms with E-state index in [1.54, 1.807) is 20.4 Å². The predicted molar refractivity (Wildman–Crippen MR) is 70.2 cm³/mol. The molecule has 1 aromatic heterocycles. The molecule has 0 aliphatic heterocycles. The molecule has 0 aliphatic rings. The predicted octanol–water partition coefficient (Wildman–Crippen LogP) is 2.35. The molecule has 2 rings (SSSR count). The summed E-state index contributed by atoms with van der Waals surface area (Å²) in [6.45, 7) is 2.70. The van der Waals surface area contributed by atoms with E-state index in [0.29, 0.717) is 6.54 Å². The fraction of sp³-hybridized carbons (Fsp3) is 0.308. The zero-order valence-electron chi connectivity index (χ0n) is 10.8. The lowest BCUT2D eigenvalue weighted by Crippen LogP contribution is -2.01. The average molecular weight is 247 g/mol. The highest BCUT2D eigenvalue weighted by Crippen LogP contribution is 2.27. The summed E-state index contributed by atoms with van der Waals surface area (Å²) in [7, 11) is 3.26. The van der Waals surface area contributed by atoms with Gasteiger partial charge in [0.05, 0.1) is 20.4 Å². The number of aromatic amines is 1. The van der Waals surface area contributed by atoms with Gasteiger partial charge in [0.25, 0.3) is 0 Å². The van der Waals surface area contributed by atoms with Crippen molar-refractivity contribution in [3.8, 4) is 11.5 Å². The van der Waals surface area contributed by atoms with Crippen LogP contribution in [0, 0.1) is 6.92 Å². The third-order valence-electron chi connectivity index (χ3n) is 2.75. The Morgan fingerprint density at radius 2 is 2.00 bits per heavy atom. The van der Waals surface area contributed by atoms with Gasteiger partial charge in [0.1, 0.15) is 5.82 Å². The zero-order chi connectivity index (χ0) is 13.0. The molecule has 0 amide bonds. The average Bonchev–Trinajstić information content (AvgIpc) is 2.81. The molecule has 0 bridgehead atoms. The number of hydrogen-bond donors (Lipinski definition) is 2. The second kappa shape index (κ2) is 5.44. The van der Waals surface area contributed by atoms with Crippen LogP contribution in [0.25, 0.3) is 0 Å². The van der Waals surface area contributed by atoms with Gasteiger partial charge in [-0.15, -0.1) is 0 Å². The van der Waals surface area contributed by atoms with Gasteiger partial charge in [-0.2, -0.15) is 5.10 Å². The maximum absolute atomic E-state index is 5.26. The molecule has 0 fully saturated rings. The van der Waals surface area contributed by atoms with Crippen LogP contribution >= 0.6 is 0 Å². The van der Waals surface area contributed by atoms with E-state index in [0.717, 1.165) is 28.4 Å². The Morgan fingerprint density at radius 3 is 2.61 bits per heavy atom. The second-order valence-electron chi connectivity index (χ2n) is 3.97. The minimum absolute atomic E-state index is 0.698. The van der Waals surface area contributed by atoms with Crippen LogP contribution in [-0.4, -0.2) is 24.4 Å². The van der Waals surface area contributed by atoms with Gasteiger partial charge in [-0.25, -0.2) is 0 Å². The van der Waals surface area contributed by atoms with Crippen LogP contribution < -0.4 is 14.8 Å². The molecular formula is C13H17N3O2. The number of methoxy groups -OCH3 is 2. The second-order valence-corrected chi connectivity index (χ2v) is 3.97. The van der Waals surface area contributed by atoms with Gasteiger partial charge < -0.3 is 14.8 Å². The molecule has 0 aliphatic carbocycles. The maximum Gasteiger partial charge on any atom is 0.161 e. The van der Waals surface area contributed by atoms with Crippen LogP contribution in [0.1, 0.15) is 11.1 Å². The number of hydrogen-bond acceptors (Lipinski definition) is 4. The Morgan fingerprint density at radius 1 is 1.22 bits per heavy atom. The molecule has 18 heavy (non-hydrogen) atoms. The topological polar surface area (TPSA) is 59.2 Å². The fourth-order valence-corrected chi connectivity index (χ4v) is 1.71. The molecule has 0 radical (unpaired) electrons. The molecule has 0 saturated heterocycles. The lowest BCUT2D eigenvalue weighted by atomic mass is 10.2. The van der Waals surface area contributed by atoms with Crippen molar-refractivity contribution in [3.63, 3.8) is 0 Å². The Kier molecular flexibility index (Phi) is 3.72. The lowest BCUT2D eigenvalue weighted by molar-refractivity contribution is 0.354. The first-order valence-electron chi connectivity index (χ1n) is 5.69. The summed E-state index contributed by atoms with van der Waals surface area (Å²) in [4.78, 5) is 0. The van der Waals surface area contributed by atoms with E-state index < -0.39 is 0 Å². The number of nitrogens with zero attached hydrogens (tertiary/aromatic N) is 1. The summed E-state index contributed by atoms with van der Waals surface area (Å²) in [6.07, 6.45) is 1.79. The molecule has 1 aromatic carbocycles. The van der Waals surface area contributed by atoms with Crippen molar-refractivity contribution in [2.75, 3.05) is 19.5 Å². The normalized spacial score (nSPS) is 10.2. The minimum Gasteiger partial charge on any atom is -0.493 e. The van der Waals surface area contributed by atoms with Gasteiger partial charge in [0.15, 0.2) is 11.5 Å². The van der Waals surface area contributed by atoms with E-state index in [1.165, 1.54) is 0 Å². The van der Waals surface area contributed by atoms with Gasteiger partial charge in [-0.1, -0.05) is 6.07 Å². The molecule has 0 spiro atoms. The highest BCUT2D eigenvalue weighted by Gasteiger charge is 2.05. The van der Waals surface area contributed by atoms with E-state index in [9.17, 15) is 0 Å². The molecule has 2 N–H and O–H groups in total. The monoisotopic (exact) mass is 247 g/mol. The molecule has 0 atom stereocenters. The summed E-state index contributed by atoms with van der Waals surface area (Å²) in [5, 5.41) is 10.2. The van der Waals surface area contributed by atoms with Crippen molar-refractivity contribution in [1.82, 2.24) is 10.2 Å². The van der Waals surface area contributed by atoms with E-state index in [4.69, 9.17) is 9.47 Å². The summed E-state index contributed by atoms with van der Waals surface area (Å²) in [6, 6.07) is 5.85. The van der Waals surface area contributed by atoms with Crippen LogP contribution in [-0.2, 0) is 6.54 Å². The van der Waals surface area contributed by atoms with Crippen molar-refractivity contribution in [2.24, 2.45) is 0 Å². The van der Waals surface area contributed by atoms with Crippen LogP contribution in [0.15, 0.2) is 24.4 Å². The molecular weight excluding hydrogens is 230 g/mol. The molecule has 5 heteroatoms. The number of aromatic nitrogens is 2. The van der Waals surface area contributed by atoms with Gasteiger partial charge in [-0.3, -0.25) is 5.10 Å². The Balaban J connectivity index is 2.08. The molecule has 1 heterocycles. The van der Waals surface area contributed by atoms with Crippen molar-refractivity contribution >= 4 is 5.82 Å². The van der Waals surface area contributed by atoms with Crippen molar-refractivity contribution in [3.05, 3.63) is 35.5 Å². The quantitative estimate of drug-likeness (QED) is 0.851. The first-order chi connectivity index (χ1) is 8.74. The number of H-pyrrole nitrogens is 1. The van der Waals surface area contributed by atoms with Gasteiger partial charge in [-0.05, 0) is 24.6 Å². The van der Waals surface area contributed by atoms with Crippen LogP contribution in [0.2, 0.25) is 0 Å². The lowest BCUT2D eigenvalue weighted by Gasteiger charge is -2.10. The van der Waals surface area contributed by atoms with Crippen LogP contribution in [0.3, 0.4) is 0 Å². The SMILES string of the molecule is COc1ccc(CNc2[nH]ncc2C)cc1OC. The van der Waals surface area contributed by atoms with Crippen molar-refractivity contribution in [2.45, 2.75) is 13.5 Å². The third kappa shape index (κ3) is 2.56. The number of benzene rings is 1. The Bertz CT molecular complexity index is 523. The number of nitrogens with one attached hydrogen (secondary N) is 2. The van der Waals surface area contributed by atoms with Crippen LogP contribution in [0.5, 0.6) is 11.5 Å². The van der Waals surface area contributed by atoms with E-state index in [2.05, 4.69) is 15.5 Å². The van der Waals surface area contributed by atoms with Gasteiger partial charge in [0, 0.05) is 12.1 Å².